The van der Waals surface area contributed by atoms with Crippen LogP contribution in [0.1, 0.15) is 5.56 Å². The summed E-state index contributed by atoms with van der Waals surface area (Å²) in [5.74, 6) is 2.23. The average Bonchev–Trinajstić information content (AvgIpc) is 3.41. The topological polar surface area (TPSA) is 93.9 Å². The zero-order chi connectivity index (χ0) is 19.6. The third-order valence-corrected chi connectivity index (χ3v) is 6.62. The van der Waals surface area contributed by atoms with Crippen LogP contribution in [0.2, 0.25) is 0 Å². The Balaban J connectivity index is 1.09. The number of piperazine rings is 1. The first kappa shape index (κ1) is 18.4. The molecule has 3 N–H and O–H groups in total. The number of carbonyl (C=O) groups is 1. The van der Waals surface area contributed by atoms with Crippen molar-refractivity contribution in [1.29, 1.82) is 0 Å². The van der Waals surface area contributed by atoms with Crippen LogP contribution in [0.25, 0.3) is 0 Å². The van der Waals surface area contributed by atoms with Crippen LogP contribution < -0.4 is 24.7 Å². The Labute approximate surface area is 172 Å². The van der Waals surface area contributed by atoms with E-state index < -0.39 is 0 Å². The number of quaternary nitrogens is 1. The Morgan fingerprint density at radius 3 is 3.07 bits per heavy atom. The van der Waals surface area contributed by atoms with Crippen molar-refractivity contribution in [2.24, 2.45) is 9.98 Å². The second-order valence-electron chi connectivity index (χ2n) is 7.42. The van der Waals surface area contributed by atoms with Crippen molar-refractivity contribution < 1.29 is 24.2 Å². The molecule has 0 unspecified atom stereocenters. The van der Waals surface area contributed by atoms with Gasteiger partial charge < -0.3 is 19.3 Å². The monoisotopic (exact) mass is 416 g/mol. The molecule has 0 spiro atoms. The van der Waals surface area contributed by atoms with Crippen LogP contribution in [-0.4, -0.2) is 79.5 Å². The molecular formula is C19H24N6O3S+2. The summed E-state index contributed by atoms with van der Waals surface area (Å²) < 4.78 is 10.8. The normalized spacial score (nSPS) is 25.0. The Kier molecular flexibility index (Phi) is 5.11. The summed E-state index contributed by atoms with van der Waals surface area (Å²) in [5.41, 5.74) is 1.24. The van der Waals surface area contributed by atoms with Gasteiger partial charge in [-0.2, -0.15) is 0 Å². The van der Waals surface area contributed by atoms with Gasteiger partial charge in [-0.3, -0.25) is 15.1 Å². The third kappa shape index (κ3) is 3.95. The number of ether oxygens (including phenoxy) is 2. The van der Waals surface area contributed by atoms with Crippen LogP contribution in [0.5, 0.6) is 11.5 Å². The number of hydrogen-bond donors (Lipinski definition) is 3. The van der Waals surface area contributed by atoms with Crippen LogP contribution in [0.4, 0.5) is 0 Å². The Morgan fingerprint density at radius 2 is 2.17 bits per heavy atom. The van der Waals surface area contributed by atoms with E-state index in [2.05, 4.69) is 32.4 Å². The molecule has 0 saturated carbocycles. The second-order valence-corrected chi connectivity index (χ2v) is 8.41. The highest BCUT2D eigenvalue weighted by Gasteiger charge is 2.36. The quantitative estimate of drug-likeness (QED) is 0.494. The maximum absolute atomic E-state index is 12.7. The minimum atomic E-state index is -0.0200. The average molecular weight is 417 g/mol. The van der Waals surface area contributed by atoms with Gasteiger partial charge in [-0.15, -0.1) is 0 Å². The van der Waals surface area contributed by atoms with Crippen LogP contribution in [0.3, 0.4) is 0 Å². The number of rotatable bonds is 4. The number of thioether (sulfide) groups is 1. The summed E-state index contributed by atoms with van der Waals surface area (Å²) in [5, 5.41) is 4.12. The van der Waals surface area contributed by atoms with Gasteiger partial charge in [0, 0.05) is 5.56 Å². The number of aliphatic imine (C=N–C) groups is 2. The first-order valence-corrected chi connectivity index (χ1v) is 10.8. The van der Waals surface area contributed by atoms with Gasteiger partial charge in [0.2, 0.25) is 31.2 Å². The zero-order valence-corrected chi connectivity index (χ0v) is 16.8. The molecule has 0 aliphatic carbocycles. The molecule has 152 valence electrons. The van der Waals surface area contributed by atoms with Crippen molar-refractivity contribution in [2.45, 2.75) is 18.8 Å². The molecule has 0 aromatic heterocycles. The summed E-state index contributed by atoms with van der Waals surface area (Å²) in [6, 6.07) is 6.17. The van der Waals surface area contributed by atoms with E-state index in [1.54, 1.807) is 12.7 Å². The molecule has 0 bridgehead atoms. The molecule has 0 radical (unpaired) electrons. The number of nitrogens with one attached hydrogen (secondary N) is 3. The Morgan fingerprint density at radius 1 is 1.31 bits per heavy atom. The standard InChI is InChI=1S/C19H22N6O3S/c26-16(9-29-19-17-18(21-10-20-17)22-11-23-19)25-5-3-24(4-6-25)8-13-1-2-14-15(7-13)28-12-27-14/h1-2,7,10-11,17-18H,3-6,8-9,12H2,(H,20,21)/p+2/t17-,18-/m0/s1. The maximum atomic E-state index is 12.7. The fourth-order valence-corrected chi connectivity index (χ4v) is 4.88. The van der Waals surface area contributed by atoms with Gasteiger partial charge in [0.05, 0.1) is 31.9 Å². The number of carbonyl (C=O) groups excluding carboxylic acids is 1. The Bertz CT molecular complexity index is 881. The third-order valence-electron chi connectivity index (χ3n) is 5.57. The number of benzene rings is 1. The molecule has 5 rings (SSSR count). The van der Waals surface area contributed by atoms with Gasteiger partial charge >= 0.3 is 0 Å². The molecule has 2 atom stereocenters. The van der Waals surface area contributed by atoms with Gasteiger partial charge in [0.15, 0.2) is 11.5 Å². The van der Waals surface area contributed by atoms with Gasteiger partial charge in [-0.1, -0.05) is 11.8 Å². The van der Waals surface area contributed by atoms with E-state index in [1.807, 2.05) is 11.0 Å². The predicted octanol–water partition coefficient (Wildman–Crippen LogP) is -2.78. The molecule has 1 aromatic carbocycles. The van der Waals surface area contributed by atoms with E-state index in [-0.39, 0.29) is 18.1 Å². The van der Waals surface area contributed by atoms with Crippen molar-refractivity contribution in [2.75, 3.05) is 38.7 Å². The SMILES string of the molecule is O=C(CSC1=NC=N[C@@H]2[NH+]=CN[C@H]12)N1CC[NH+](Cc2ccc3c(c2)OCO3)CC1. The van der Waals surface area contributed by atoms with Crippen LogP contribution in [-0.2, 0) is 11.3 Å². The summed E-state index contributed by atoms with van der Waals surface area (Å²) in [6.45, 7) is 4.70. The maximum Gasteiger partial charge on any atom is 0.233 e. The number of fused-ring (bicyclic) bond motifs is 2. The first-order chi connectivity index (χ1) is 14.3. The van der Waals surface area contributed by atoms with E-state index in [9.17, 15) is 4.79 Å². The van der Waals surface area contributed by atoms with E-state index in [0.29, 0.717) is 12.5 Å². The molecule has 1 saturated heterocycles. The summed E-state index contributed by atoms with van der Waals surface area (Å²) in [6.07, 6.45) is 3.34. The first-order valence-electron chi connectivity index (χ1n) is 9.82. The highest BCUT2D eigenvalue weighted by molar-refractivity contribution is 8.14. The molecule has 9 nitrogen and oxygen atoms in total. The fraction of sp³-hybridized carbons (Fsp3) is 0.474. The molecule has 10 heteroatoms. The van der Waals surface area contributed by atoms with E-state index in [0.717, 1.165) is 49.3 Å². The van der Waals surface area contributed by atoms with E-state index in [1.165, 1.54) is 22.2 Å². The molecule has 4 aliphatic rings. The van der Waals surface area contributed by atoms with Crippen LogP contribution in [0, 0.1) is 0 Å². The predicted molar refractivity (Wildman–Crippen MR) is 110 cm³/mol. The Hall–Kier alpha value is -2.59. The molecule has 1 fully saturated rings. The molecule has 29 heavy (non-hydrogen) atoms. The molecule has 4 aliphatic heterocycles. The largest absolute Gasteiger partial charge is 0.454 e. The molecule has 4 heterocycles. The highest BCUT2D eigenvalue weighted by Crippen LogP contribution is 2.32. The highest BCUT2D eigenvalue weighted by atomic mass is 32.2. The van der Waals surface area contributed by atoms with Gasteiger partial charge in [-0.25, -0.2) is 9.98 Å². The van der Waals surface area contributed by atoms with Gasteiger partial charge in [-0.05, 0) is 18.2 Å². The van der Waals surface area contributed by atoms with Gasteiger partial charge in [0.25, 0.3) is 0 Å². The summed E-state index contributed by atoms with van der Waals surface area (Å²) >= 11 is 1.50. The fourth-order valence-electron chi connectivity index (χ4n) is 3.93. The van der Waals surface area contributed by atoms with Crippen molar-refractivity contribution in [3.63, 3.8) is 0 Å². The van der Waals surface area contributed by atoms with E-state index in [4.69, 9.17) is 9.47 Å². The minimum Gasteiger partial charge on any atom is -0.454 e. The van der Waals surface area contributed by atoms with E-state index >= 15 is 0 Å². The zero-order valence-electron chi connectivity index (χ0n) is 16.0. The lowest BCUT2D eigenvalue weighted by molar-refractivity contribution is -0.917. The molecule has 1 amide bonds. The lowest BCUT2D eigenvalue weighted by Gasteiger charge is -2.32. The number of hydrogen-bond acceptors (Lipinski definition) is 7. The van der Waals surface area contributed by atoms with Gasteiger partial charge in [0.1, 0.15) is 17.9 Å². The minimum absolute atomic E-state index is 0.0200. The smallest absolute Gasteiger partial charge is 0.233 e. The van der Waals surface area contributed by atoms with Crippen molar-refractivity contribution in [1.82, 2.24) is 10.2 Å². The lowest BCUT2D eigenvalue weighted by Crippen LogP contribution is -3.13. The number of nitrogens with zero attached hydrogens (tertiary/aromatic N) is 3. The molecule has 1 aromatic rings. The second kappa shape index (κ2) is 8.03. The van der Waals surface area contributed by atoms with Crippen molar-refractivity contribution in [3.05, 3.63) is 23.8 Å². The number of amides is 1. The van der Waals surface area contributed by atoms with Crippen LogP contribution in [0.15, 0.2) is 28.2 Å². The lowest BCUT2D eigenvalue weighted by atomic mass is 10.1. The van der Waals surface area contributed by atoms with Crippen molar-refractivity contribution in [3.8, 4) is 11.5 Å². The van der Waals surface area contributed by atoms with Crippen molar-refractivity contribution >= 4 is 35.4 Å². The van der Waals surface area contributed by atoms with Crippen LogP contribution >= 0.6 is 11.8 Å². The summed E-state index contributed by atoms with van der Waals surface area (Å²) in [7, 11) is 0. The molecular weight excluding hydrogens is 392 g/mol. The summed E-state index contributed by atoms with van der Waals surface area (Å²) in [4.78, 5) is 27.9.